The summed E-state index contributed by atoms with van der Waals surface area (Å²) in [6.45, 7) is 1.97. The molecule has 0 unspecified atom stereocenters. The number of benzene rings is 1. The first-order valence-corrected chi connectivity index (χ1v) is 4.48. The Hall–Kier alpha value is -1.84. The molecule has 0 aliphatic heterocycles. The van der Waals surface area contributed by atoms with Gasteiger partial charge in [0.25, 0.3) is 0 Å². The topological polar surface area (TPSA) is 64.9 Å². The molecule has 2 N–H and O–H groups in total. The molecule has 0 fully saturated rings. The van der Waals surface area contributed by atoms with Crippen molar-refractivity contribution < 1.29 is 4.52 Å². The molecule has 0 saturated heterocycles. The van der Waals surface area contributed by atoms with Crippen LogP contribution in [0.4, 0.5) is 5.69 Å². The van der Waals surface area contributed by atoms with Gasteiger partial charge in [-0.1, -0.05) is 12.1 Å². The summed E-state index contributed by atoms with van der Waals surface area (Å²) in [6.07, 6.45) is 0.752. The van der Waals surface area contributed by atoms with Crippen LogP contribution >= 0.6 is 0 Å². The molecule has 1 aromatic carbocycles. The van der Waals surface area contributed by atoms with Crippen LogP contribution in [-0.2, 0) is 6.42 Å². The van der Waals surface area contributed by atoms with Crippen molar-refractivity contribution in [3.8, 4) is 11.4 Å². The molecule has 2 rings (SSSR count). The first-order valence-electron chi connectivity index (χ1n) is 4.48. The van der Waals surface area contributed by atoms with Crippen molar-refractivity contribution in [1.82, 2.24) is 10.1 Å². The highest BCUT2D eigenvalue weighted by Gasteiger charge is 2.05. The first kappa shape index (κ1) is 8.74. The Morgan fingerprint density at radius 3 is 2.57 bits per heavy atom. The SMILES string of the molecule is CCc1nc(-c2ccc(N)cc2)no1. The number of nitrogens with two attached hydrogens (primary N) is 1. The van der Waals surface area contributed by atoms with E-state index in [0.717, 1.165) is 17.7 Å². The number of aromatic nitrogens is 2. The van der Waals surface area contributed by atoms with Crippen LogP contribution in [0, 0.1) is 0 Å². The summed E-state index contributed by atoms with van der Waals surface area (Å²) in [6, 6.07) is 7.38. The van der Waals surface area contributed by atoms with E-state index >= 15 is 0 Å². The minimum absolute atomic E-state index is 0.613. The fourth-order valence-electron chi connectivity index (χ4n) is 1.15. The number of nitrogen functional groups attached to an aromatic ring is 1. The monoisotopic (exact) mass is 189 g/mol. The highest BCUT2D eigenvalue weighted by Crippen LogP contribution is 2.17. The van der Waals surface area contributed by atoms with Gasteiger partial charge in [-0.2, -0.15) is 4.98 Å². The zero-order chi connectivity index (χ0) is 9.97. The van der Waals surface area contributed by atoms with Gasteiger partial charge in [-0.05, 0) is 24.3 Å². The number of anilines is 1. The summed E-state index contributed by atoms with van der Waals surface area (Å²) in [5.74, 6) is 1.26. The van der Waals surface area contributed by atoms with Crippen LogP contribution in [0.1, 0.15) is 12.8 Å². The molecule has 0 saturated carbocycles. The molecular weight excluding hydrogens is 178 g/mol. The molecule has 0 aliphatic rings. The van der Waals surface area contributed by atoms with Crippen molar-refractivity contribution in [2.24, 2.45) is 0 Å². The van der Waals surface area contributed by atoms with Gasteiger partial charge in [-0.15, -0.1) is 0 Å². The maximum atomic E-state index is 5.57. The van der Waals surface area contributed by atoms with Crippen molar-refractivity contribution in [2.75, 3.05) is 5.73 Å². The zero-order valence-corrected chi connectivity index (χ0v) is 7.90. The van der Waals surface area contributed by atoms with Gasteiger partial charge in [0, 0.05) is 17.7 Å². The third-order valence-electron chi connectivity index (χ3n) is 1.94. The molecule has 72 valence electrons. The number of hydrogen-bond donors (Lipinski definition) is 1. The minimum atomic E-state index is 0.613. The Balaban J connectivity index is 2.34. The molecule has 0 radical (unpaired) electrons. The fraction of sp³-hybridized carbons (Fsp3) is 0.200. The molecule has 4 heteroatoms. The number of hydrogen-bond acceptors (Lipinski definition) is 4. The molecule has 4 nitrogen and oxygen atoms in total. The Kier molecular flexibility index (Phi) is 2.18. The standard InChI is InChI=1S/C10H11N3O/c1-2-9-12-10(13-14-9)7-3-5-8(11)6-4-7/h3-6H,2,11H2,1H3. The Bertz CT molecular complexity index is 419. The smallest absolute Gasteiger partial charge is 0.226 e. The van der Waals surface area contributed by atoms with Crippen molar-refractivity contribution in [3.63, 3.8) is 0 Å². The van der Waals surface area contributed by atoms with E-state index in [1.807, 2.05) is 31.2 Å². The predicted molar refractivity (Wildman–Crippen MR) is 53.5 cm³/mol. The van der Waals surface area contributed by atoms with Crippen LogP contribution in [0.3, 0.4) is 0 Å². The second-order valence-electron chi connectivity index (χ2n) is 2.99. The molecule has 14 heavy (non-hydrogen) atoms. The summed E-state index contributed by atoms with van der Waals surface area (Å²) < 4.78 is 5.01. The summed E-state index contributed by atoms with van der Waals surface area (Å²) in [5.41, 5.74) is 7.22. The van der Waals surface area contributed by atoms with Gasteiger partial charge < -0.3 is 10.3 Å². The average Bonchev–Trinajstić information content (AvgIpc) is 2.67. The van der Waals surface area contributed by atoms with Gasteiger partial charge in [0.1, 0.15) is 0 Å². The molecule has 0 bridgehead atoms. The second-order valence-corrected chi connectivity index (χ2v) is 2.99. The molecule has 1 heterocycles. The van der Waals surface area contributed by atoms with Crippen LogP contribution in [0.5, 0.6) is 0 Å². The van der Waals surface area contributed by atoms with Crippen LogP contribution in [0.25, 0.3) is 11.4 Å². The van der Waals surface area contributed by atoms with E-state index in [0.29, 0.717) is 11.7 Å². The average molecular weight is 189 g/mol. The van der Waals surface area contributed by atoms with Gasteiger partial charge in [-0.25, -0.2) is 0 Å². The molecule has 0 amide bonds. The highest BCUT2D eigenvalue weighted by molar-refractivity contribution is 5.57. The zero-order valence-electron chi connectivity index (χ0n) is 7.90. The lowest BCUT2D eigenvalue weighted by Gasteiger charge is -1.94. The fourth-order valence-corrected chi connectivity index (χ4v) is 1.15. The quantitative estimate of drug-likeness (QED) is 0.732. The first-order chi connectivity index (χ1) is 6.79. The molecule has 0 atom stereocenters. The van der Waals surface area contributed by atoms with Gasteiger partial charge in [0.05, 0.1) is 0 Å². The van der Waals surface area contributed by atoms with E-state index < -0.39 is 0 Å². The van der Waals surface area contributed by atoms with Gasteiger partial charge in [-0.3, -0.25) is 0 Å². The van der Waals surface area contributed by atoms with Crippen molar-refractivity contribution in [1.29, 1.82) is 0 Å². The van der Waals surface area contributed by atoms with Gasteiger partial charge in [0.2, 0.25) is 11.7 Å². The number of nitrogens with zero attached hydrogens (tertiary/aromatic N) is 2. The second kappa shape index (κ2) is 3.49. The van der Waals surface area contributed by atoms with Gasteiger partial charge >= 0.3 is 0 Å². The summed E-state index contributed by atoms with van der Waals surface area (Å²) >= 11 is 0. The van der Waals surface area contributed by atoms with E-state index in [9.17, 15) is 0 Å². The van der Waals surface area contributed by atoms with E-state index in [2.05, 4.69) is 10.1 Å². The van der Waals surface area contributed by atoms with Crippen molar-refractivity contribution in [3.05, 3.63) is 30.2 Å². The highest BCUT2D eigenvalue weighted by atomic mass is 16.5. The van der Waals surface area contributed by atoms with Crippen molar-refractivity contribution >= 4 is 5.69 Å². The molecular formula is C10H11N3O. The third kappa shape index (κ3) is 1.59. The molecule has 2 aromatic rings. The minimum Gasteiger partial charge on any atom is -0.399 e. The predicted octanol–water partition coefficient (Wildman–Crippen LogP) is 1.88. The number of rotatable bonds is 2. The Morgan fingerprint density at radius 1 is 1.29 bits per heavy atom. The molecule has 0 aliphatic carbocycles. The normalized spacial score (nSPS) is 10.4. The molecule has 0 spiro atoms. The largest absolute Gasteiger partial charge is 0.399 e. The Labute approximate surface area is 81.7 Å². The van der Waals surface area contributed by atoms with Crippen LogP contribution in [0.2, 0.25) is 0 Å². The lowest BCUT2D eigenvalue weighted by molar-refractivity contribution is 0.383. The molecule has 1 aromatic heterocycles. The van der Waals surface area contributed by atoms with E-state index in [4.69, 9.17) is 10.3 Å². The van der Waals surface area contributed by atoms with E-state index in [-0.39, 0.29) is 0 Å². The van der Waals surface area contributed by atoms with Crippen molar-refractivity contribution in [2.45, 2.75) is 13.3 Å². The van der Waals surface area contributed by atoms with E-state index in [1.54, 1.807) is 0 Å². The summed E-state index contributed by atoms with van der Waals surface area (Å²) in [7, 11) is 0. The van der Waals surface area contributed by atoms with Crippen LogP contribution < -0.4 is 5.73 Å². The van der Waals surface area contributed by atoms with Crippen LogP contribution in [-0.4, -0.2) is 10.1 Å². The third-order valence-corrected chi connectivity index (χ3v) is 1.94. The maximum Gasteiger partial charge on any atom is 0.226 e. The summed E-state index contributed by atoms with van der Waals surface area (Å²) in [5, 5.41) is 3.86. The van der Waals surface area contributed by atoms with Gasteiger partial charge in [0.15, 0.2) is 0 Å². The number of aryl methyl sites for hydroxylation is 1. The summed E-state index contributed by atoms with van der Waals surface area (Å²) in [4.78, 5) is 4.21. The Morgan fingerprint density at radius 2 is 2.00 bits per heavy atom. The van der Waals surface area contributed by atoms with E-state index in [1.165, 1.54) is 0 Å². The lowest BCUT2D eigenvalue weighted by atomic mass is 10.2. The lowest BCUT2D eigenvalue weighted by Crippen LogP contribution is -1.85. The maximum absolute atomic E-state index is 5.57. The van der Waals surface area contributed by atoms with Crippen LogP contribution in [0.15, 0.2) is 28.8 Å².